The van der Waals surface area contributed by atoms with Crippen molar-refractivity contribution in [3.8, 4) is 11.6 Å². The molecule has 1 aliphatic rings. The summed E-state index contributed by atoms with van der Waals surface area (Å²) in [6, 6.07) is 3.61. The van der Waals surface area contributed by atoms with Crippen LogP contribution in [-0.2, 0) is 4.74 Å². The van der Waals surface area contributed by atoms with Crippen LogP contribution in [0.5, 0.6) is 11.6 Å². The van der Waals surface area contributed by atoms with Crippen molar-refractivity contribution in [1.82, 2.24) is 4.98 Å². The minimum atomic E-state index is -0.117. The molecule has 4 nitrogen and oxygen atoms in total. The lowest BCUT2D eigenvalue weighted by Crippen LogP contribution is -2.24. The van der Waals surface area contributed by atoms with Crippen molar-refractivity contribution in [2.45, 2.75) is 25.6 Å². The number of hydrogen-bond donors (Lipinski definition) is 0. The predicted molar refractivity (Wildman–Crippen MR) is 55.0 cm³/mol. The van der Waals surface area contributed by atoms with Crippen LogP contribution in [-0.4, -0.2) is 25.0 Å². The first-order chi connectivity index (χ1) is 7.38. The lowest BCUT2D eigenvalue weighted by molar-refractivity contribution is -0.106. The molecule has 1 aromatic heterocycles. The summed E-state index contributed by atoms with van der Waals surface area (Å²) in [6.45, 7) is 0.786. The highest BCUT2D eigenvalue weighted by Gasteiger charge is 2.15. The minimum Gasteiger partial charge on any atom is -0.481 e. The van der Waals surface area contributed by atoms with E-state index in [2.05, 4.69) is 4.98 Å². The molecule has 0 spiro atoms. The molecular weight excluding hydrogens is 194 g/mol. The van der Waals surface area contributed by atoms with Gasteiger partial charge in [-0.15, -0.1) is 0 Å². The van der Waals surface area contributed by atoms with Gasteiger partial charge in [-0.25, -0.2) is 4.98 Å². The van der Waals surface area contributed by atoms with Crippen molar-refractivity contribution in [2.24, 2.45) is 0 Å². The van der Waals surface area contributed by atoms with Gasteiger partial charge in [0.25, 0.3) is 0 Å². The van der Waals surface area contributed by atoms with Gasteiger partial charge in [-0.2, -0.15) is 0 Å². The normalized spacial score (nSPS) is 21.0. The summed E-state index contributed by atoms with van der Waals surface area (Å²) in [5, 5.41) is 0. The molecular formula is C11H15NO3. The van der Waals surface area contributed by atoms with Crippen molar-refractivity contribution in [1.29, 1.82) is 0 Å². The zero-order valence-corrected chi connectivity index (χ0v) is 8.81. The number of ether oxygens (including phenoxy) is 3. The molecule has 2 heterocycles. The summed E-state index contributed by atoms with van der Waals surface area (Å²) in [7, 11) is 1.59. The zero-order valence-electron chi connectivity index (χ0n) is 8.81. The summed E-state index contributed by atoms with van der Waals surface area (Å²) in [5.74, 6) is 1.31. The number of nitrogens with zero attached hydrogens (tertiary/aromatic N) is 1. The Morgan fingerprint density at radius 1 is 1.40 bits per heavy atom. The number of hydrogen-bond acceptors (Lipinski definition) is 4. The molecule has 0 aromatic carbocycles. The molecule has 2 rings (SSSR count). The van der Waals surface area contributed by atoms with Gasteiger partial charge in [0, 0.05) is 12.5 Å². The molecule has 1 aromatic rings. The second kappa shape index (κ2) is 4.98. The van der Waals surface area contributed by atoms with Crippen LogP contribution >= 0.6 is 0 Å². The predicted octanol–water partition coefficient (Wildman–Crippen LogP) is 2.00. The molecule has 0 amide bonds. The Labute approximate surface area is 89.2 Å². The largest absolute Gasteiger partial charge is 0.481 e. The van der Waals surface area contributed by atoms with Gasteiger partial charge in [-0.05, 0) is 18.9 Å². The molecule has 0 aliphatic carbocycles. The average Bonchev–Trinajstić information content (AvgIpc) is 2.31. The third kappa shape index (κ3) is 2.83. The van der Waals surface area contributed by atoms with E-state index in [4.69, 9.17) is 14.2 Å². The highest BCUT2D eigenvalue weighted by Crippen LogP contribution is 2.19. The lowest BCUT2D eigenvalue weighted by Gasteiger charge is -2.23. The fraction of sp³-hybridized carbons (Fsp3) is 0.545. The van der Waals surface area contributed by atoms with E-state index in [1.165, 1.54) is 0 Å². The molecule has 1 unspecified atom stereocenters. The van der Waals surface area contributed by atoms with Crippen LogP contribution in [0.1, 0.15) is 19.3 Å². The van der Waals surface area contributed by atoms with Gasteiger partial charge in [0.05, 0.1) is 19.9 Å². The average molecular weight is 209 g/mol. The van der Waals surface area contributed by atoms with E-state index in [1.54, 1.807) is 19.4 Å². The van der Waals surface area contributed by atoms with Crippen LogP contribution < -0.4 is 9.47 Å². The van der Waals surface area contributed by atoms with Crippen LogP contribution in [0.2, 0.25) is 0 Å². The van der Waals surface area contributed by atoms with Gasteiger partial charge < -0.3 is 14.2 Å². The van der Waals surface area contributed by atoms with E-state index in [0.717, 1.165) is 31.6 Å². The van der Waals surface area contributed by atoms with E-state index in [0.29, 0.717) is 5.88 Å². The Morgan fingerprint density at radius 3 is 2.93 bits per heavy atom. The van der Waals surface area contributed by atoms with Crippen LogP contribution in [0.15, 0.2) is 18.3 Å². The molecule has 0 saturated carbocycles. The van der Waals surface area contributed by atoms with Crippen molar-refractivity contribution >= 4 is 0 Å². The number of pyridine rings is 1. The van der Waals surface area contributed by atoms with Gasteiger partial charge in [-0.1, -0.05) is 0 Å². The van der Waals surface area contributed by atoms with Gasteiger partial charge in [0.15, 0.2) is 6.29 Å². The molecule has 4 heteroatoms. The molecule has 0 bridgehead atoms. The van der Waals surface area contributed by atoms with E-state index in [9.17, 15) is 0 Å². The molecule has 1 aliphatic heterocycles. The second-order valence-electron chi connectivity index (χ2n) is 3.45. The fourth-order valence-electron chi connectivity index (χ4n) is 1.51. The fourth-order valence-corrected chi connectivity index (χ4v) is 1.51. The maximum atomic E-state index is 5.61. The Hall–Kier alpha value is -1.29. The molecule has 0 N–H and O–H groups in total. The monoisotopic (exact) mass is 209 g/mol. The molecule has 1 saturated heterocycles. The van der Waals surface area contributed by atoms with Crippen LogP contribution in [0, 0.1) is 0 Å². The van der Waals surface area contributed by atoms with E-state index < -0.39 is 0 Å². The van der Waals surface area contributed by atoms with Crippen molar-refractivity contribution in [2.75, 3.05) is 13.7 Å². The topological polar surface area (TPSA) is 40.6 Å². The first kappa shape index (κ1) is 10.2. The van der Waals surface area contributed by atoms with Gasteiger partial charge in [-0.3, -0.25) is 0 Å². The lowest BCUT2D eigenvalue weighted by atomic mass is 10.2. The highest BCUT2D eigenvalue weighted by atomic mass is 16.7. The molecule has 0 radical (unpaired) electrons. The summed E-state index contributed by atoms with van der Waals surface area (Å²) >= 11 is 0. The van der Waals surface area contributed by atoms with Crippen LogP contribution in [0.25, 0.3) is 0 Å². The van der Waals surface area contributed by atoms with Gasteiger partial charge >= 0.3 is 0 Å². The molecule has 15 heavy (non-hydrogen) atoms. The Kier molecular flexibility index (Phi) is 3.40. The number of methoxy groups -OCH3 is 1. The Morgan fingerprint density at radius 2 is 2.33 bits per heavy atom. The maximum absolute atomic E-state index is 5.61. The van der Waals surface area contributed by atoms with Crippen molar-refractivity contribution < 1.29 is 14.2 Å². The van der Waals surface area contributed by atoms with Crippen LogP contribution in [0.4, 0.5) is 0 Å². The van der Waals surface area contributed by atoms with Gasteiger partial charge in [0.1, 0.15) is 5.75 Å². The minimum absolute atomic E-state index is 0.117. The first-order valence-electron chi connectivity index (χ1n) is 5.17. The first-order valence-corrected chi connectivity index (χ1v) is 5.17. The summed E-state index contributed by atoms with van der Waals surface area (Å²) in [5.41, 5.74) is 0. The third-order valence-electron chi connectivity index (χ3n) is 2.32. The van der Waals surface area contributed by atoms with Crippen molar-refractivity contribution in [3.63, 3.8) is 0 Å². The Balaban J connectivity index is 1.91. The van der Waals surface area contributed by atoms with Crippen molar-refractivity contribution in [3.05, 3.63) is 18.3 Å². The molecule has 1 fully saturated rings. The number of rotatable bonds is 3. The van der Waals surface area contributed by atoms with E-state index >= 15 is 0 Å². The van der Waals surface area contributed by atoms with Crippen LogP contribution in [0.3, 0.4) is 0 Å². The molecule has 82 valence electrons. The molecule has 1 atom stereocenters. The zero-order chi connectivity index (χ0) is 10.5. The second-order valence-corrected chi connectivity index (χ2v) is 3.45. The smallest absolute Gasteiger partial charge is 0.213 e. The summed E-state index contributed by atoms with van der Waals surface area (Å²) < 4.78 is 16.0. The third-order valence-corrected chi connectivity index (χ3v) is 2.32. The van der Waals surface area contributed by atoms with E-state index in [1.807, 2.05) is 6.07 Å². The standard InChI is InChI=1S/C11H15NO3/c1-13-10-6-5-9(8-12-10)15-11-4-2-3-7-14-11/h5-6,8,11H,2-4,7H2,1H3. The Bertz CT molecular complexity index is 293. The number of aromatic nitrogens is 1. The van der Waals surface area contributed by atoms with Gasteiger partial charge in [0.2, 0.25) is 5.88 Å². The summed E-state index contributed by atoms with van der Waals surface area (Å²) in [6.07, 6.45) is 4.77. The summed E-state index contributed by atoms with van der Waals surface area (Å²) in [4.78, 5) is 4.06. The van der Waals surface area contributed by atoms with E-state index in [-0.39, 0.29) is 6.29 Å². The maximum Gasteiger partial charge on any atom is 0.213 e. The highest BCUT2D eigenvalue weighted by molar-refractivity contribution is 5.22. The quantitative estimate of drug-likeness (QED) is 0.763. The SMILES string of the molecule is COc1ccc(OC2CCCCO2)cn1.